The highest BCUT2D eigenvalue weighted by Gasteiger charge is 2.35. The van der Waals surface area contributed by atoms with Crippen molar-refractivity contribution in [1.29, 1.82) is 0 Å². The van der Waals surface area contributed by atoms with E-state index in [1.54, 1.807) is 20.8 Å². The van der Waals surface area contributed by atoms with E-state index in [-0.39, 0.29) is 75.4 Å². The molecule has 0 aromatic rings. The molecule has 0 aromatic heterocycles. The van der Waals surface area contributed by atoms with Crippen LogP contribution in [0, 0.1) is 17.8 Å². The third kappa shape index (κ3) is 34.0. The molecule has 0 aliphatic carbocycles. The van der Waals surface area contributed by atoms with Crippen molar-refractivity contribution < 1.29 is 57.2 Å². The Bertz CT molecular complexity index is 1340. The topological polar surface area (TPSA) is 161 Å². The van der Waals surface area contributed by atoms with Gasteiger partial charge in [-0.3, -0.25) is 24.0 Å². The van der Waals surface area contributed by atoms with Crippen molar-refractivity contribution >= 4 is 35.9 Å². The van der Waals surface area contributed by atoms with Gasteiger partial charge in [0.2, 0.25) is 0 Å². The van der Waals surface area contributed by atoms with Gasteiger partial charge in [-0.1, -0.05) is 156 Å². The minimum Gasteiger partial charge on any atom is -0.465 e. The van der Waals surface area contributed by atoms with E-state index >= 15 is 0 Å². The molecule has 1 fully saturated rings. The molecule has 1 amide bonds. The molecule has 0 radical (unpaired) electrons. The second-order valence-corrected chi connectivity index (χ2v) is 20.4. The third-order valence-corrected chi connectivity index (χ3v) is 12.6. The highest BCUT2D eigenvalue weighted by atomic mass is 16.6. The first-order valence-corrected chi connectivity index (χ1v) is 27.5. The minimum atomic E-state index is -1.02. The molecule has 3 atom stereocenters. The van der Waals surface area contributed by atoms with Crippen LogP contribution >= 0.6 is 0 Å². The van der Waals surface area contributed by atoms with Crippen LogP contribution < -0.4 is 0 Å². The highest BCUT2D eigenvalue weighted by Crippen LogP contribution is 2.24. The lowest BCUT2D eigenvalue weighted by Gasteiger charge is -2.39. The van der Waals surface area contributed by atoms with Gasteiger partial charge in [0.15, 0.2) is 6.10 Å². The molecule has 0 spiro atoms. The van der Waals surface area contributed by atoms with Gasteiger partial charge in [-0.2, -0.15) is 0 Å². The normalized spacial score (nSPS) is 14.1. The van der Waals surface area contributed by atoms with Gasteiger partial charge in [-0.25, -0.2) is 4.79 Å². The summed E-state index contributed by atoms with van der Waals surface area (Å²) in [7, 11) is 0. The van der Waals surface area contributed by atoms with Crippen molar-refractivity contribution in [3.63, 3.8) is 0 Å². The molecule has 0 saturated carbocycles. The van der Waals surface area contributed by atoms with Gasteiger partial charge in [0.1, 0.15) is 18.8 Å². The van der Waals surface area contributed by atoms with Crippen molar-refractivity contribution in [1.82, 2.24) is 4.90 Å². The summed E-state index contributed by atoms with van der Waals surface area (Å²) in [6, 6.07) is 0. The fraction of sp³-hybridized carbons (Fsp3) is 0.891. The maximum absolute atomic E-state index is 13.1. The van der Waals surface area contributed by atoms with E-state index in [1.165, 1.54) is 62.7 Å². The zero-order valence-corrected chi connectivity index (χ0v) is 44.3. The Hall–Kier alpha value is -3.38. The van der Waals surface area contributed by atoms with E-state index in [9.17, 15) is 28.8 Å². The van der Waals surface area contributed by atoms with Gasteiger partial charge in [0, 0.05) is 31.8 Å². The number of hydrogen-bond donors (Lipinski definition) is 0. The molecule has 1 saturated heterocycles. The molecule has 0 aromatic carbocycles. The maximum atomic E-state index is 13.1. The molecule has 396 valence electrons. The Morgan fingerprint density at radius 1 is 0.471 bits per heavy atom. The van der Waals surface area contributed by atoms with E-state index in [0.717, 1.165) is 96.3 Å². The van der Waals surface area contributed by atoms with E-state index < -0.39 is 35.7 Å². The van der Waals surface area contributed by atoms with Crippen LogP contribution in [0.3, 0.4) is 0 Å². The van der Waals surface area contributed by atoms with Crippen LogP contribution in [-0.4, -0.2) is 92.1 Å². The molecule has 0 N–H and O–H groups in total. The molecule has 1 aliphatic heterocycles. The fourth-order valence-electron chi connectivity index (χ4n) is 8.34. The van der Waals surface area contributed by atoms with E-state index in [2.05, 4.69) is 27.7 Å². The smallest absolute Gasteiger partial charge is 0.410 e. The zero-order chi connectivity index (χ0) is 50.3. The van der Waals surface area contributed by atoms with Crippen LogP contribution in [-0.2, 0) is 52.4 Å². The molecule has 3 unspecified atom stereocenters. The Labute approximate surface area is 413 Å². The molecule has 1 heterocycles. The molecule has 13 heteroatoms. The largest absolute Gasteiger partial charge is 0.465 e. The number of hydrogen-bond acceptors (Lipinski definition) is 12. The number of rotatable bonds is 43. The summed E-state index contributed by atoms with van der Waals surface area (Å²) >= 11 is 0. The van der Waals surface area contributed by atoms with Gasteiger partial charge >= 0.3 is 35.9 Å². The first-order valence-electron chi connectivity index (χ1n) is 27.5. The number of esters is 5. The molecular formula is C55H99NO12. The van der Waals surface area contributed by atoms with Crippen molar-refractivity contribution in [2.24, 2.45) is 17.8 Å². The Morgan fingerprint density at radius 3 is 1.28 bits per heavy atom. The van der Waals surface area contributed by atoms with Gasteiger partial charge in [0.05, 0.1) is 31.5 Å². The number of amides is 1. The summed E-state index contributed by atoms with van der Waals surface area (Å²) in [6.45, 7) is 14.7. The fourth-order valence-corrected chi connectivity index (χ4v) is 8.34. The highest BCUT2D eigenvalue weighted by molar-refractivity contribution is 5.74. The SMILES string of the molecule is CCCCCCCCC(CCCCCC)C(=O)OCCCCC(=O)OCC(COC(=O)CC1CN(C(=O)OC(C)(C)C)C1)OC(=O)CCCCOC(=O)C(CCCCCC)CCCCCCCC. The molecule has 1 rings (SSSR count). The van der Waals surface area contributed by atoms with Gasteiger partial charge in [0.25, 0.3) is 0 Å². The van der Waals surface area contributed by atoms with Gasteiger partial charge < -0.3 is 33.3 Å². The van der Waals surface area contributed by atoms with Gasteiger partial charge in [-0.15, -0.1) is 0 Å². The van der Waals surface area contributed by atoms with E-state index in [4.69, 9.17) is 28.4 Å². The quantitative estimate of drug-likeness (QED) is 0.0324. The third-order valence-electron chi connectivity index (χ3n) is 12.6. The van der Waals surface area contributed by atoms with Crippen LogP contribution in [0.4, 0.5) is 4.79 Å². The Morgan fingerprint density at radius 2 is 0.853 bits per heavy atom. The average molecular weight is 966 g/mol. The standard InChI is InChI=1S/C55H99NO12/c1-8-12-16-20-22-26-34-46(32-24-18-14-10-3)52(60)63-38-30-28-36-49(57)65-43-48(44-66-51(59)40-45-41-56(42-45)54(62)68-55(5,6)7)67-50(58)37-29-31-39-64-53(61)47(33-25-19-15-11-4)35-27-23-21-17-13-9-2/h45-48H,8-44H2,1-7H3. The molecule has 13 nitrogen and oxygen atoms in total. The lowest BCUT2D eigenvalue weighted by molar-refractivity contribution is -0.167. The first kappa shape index (κ1) is 62.6. The van der Waals surface area contributed by atoms with Crippen LogP contribution in [0.2, 0.25) is 0 Å². The van der Waals surface area contributed by atoms with Crippen molar-refractivity contribution in [3.8, 4) is 0 Å². The van der Waals surface area contributed by atoms with E-state index in [1.807, 2.05) is 0 Å². The predicted octanol–water partition coefficient (Wildman–Crippen LogP) is 13.3. The van der Waals surface area contributed by atoms with Crippen molar-refractivity contribution in [3.05, 3.63) is 0 Å². The number of carbonyl (C=O) groups is 6. The summed E-state index contributed by atoms with van der Waals surface area (Å²) in [4.78, 5) is 78.6. The maximum Gasteiger partial charge on any atom is 0.410 e. The lowest BCUT2D eigenvalue weighted by atomic mass is 9.94. The van der Waals surface area contributed by atoms with Crippen LogP contribution in [0.25, 0.3) is 0 Å². The van der Waals surface area contributed by atoms with Crippen molar-refractivity contribution in [2.45, 2.75) is 259 Å². The average Bonchev–Trinajstić information content (AvgIpc) is 3.28. The second kappa shape index (κ2) is 40.4. The predicted molar refractivity (Wildman–Crippen MR) is 268 cm³/mol. The number of carbonyl (C=O) groups excluding carboxylic acids is 6. The van der Waals surface area contributed by atoms with Gasteiger partial charge in [-0.05, 0) is 72.1 Å². The molecule has 1 aliphatic rings. The zero-order valence-electron chi connectivity index (χ0n) is 44.3. The van der Waals surface area contributed by atoms with Crippen LogP contribution in [0.15, 0.2) is 0 Å². The second-order valence-electron chi connectivity index (χ2n) is 20.4. The monoisotopic (exact) mass is 966 g/mol. The van der Waals surface area contributed by atoms with E-state index in [0.29, 0.717) is 38.8 Å². The van der Waals surface area contributed by atoms with Crippen LogP contribution in [0.5, 0.6) is 0 Å². The minimum absolute atomic E-state index is 0.0496. The number of ether oxygens (including phenoxy) is 6. The van der Waals surface area contributed by atoms with Crippen LogP contribution in [0.1, 0.15) is 248 Å². The number of unbranched alkanes of at least 4 members (excludes halogenated alkanes) is 18. The molecular weight excluding hydrogens is 867 g/mol. The summed E-state index contributed by atoms with van der Waals surface area (Å²) in [5.41, 5.74) is -0.619. The number of nitrogens with zero attached hydrogens (tertiary/aromatic N) is 1. The summed E-state index contributed by atoms with van der Waals surface area (Å²) in [5, 5.41) is 0. The summed E-state index contributed by atoms with van der Waals surface area (Å²) < 4.78 is 33.4. The Balaban J connectivity index is 2.66. The molecule has 0 bridgehead atoms. The first-order chi connectivity index (χ1) is 32.7. The Kier molecular flexibility index (Phi) is 37.2. The summed E-state index contributed by atoms with van der Waals surface area (Å²) in [5.74, 6) is -2.12. The van der Waals surface area contributed by atoms with Crippen molar-refractivity contribution in [2.75, 3.05) is 39.5 Å². The summed E-state index contributed by atoms with van der Waals surface area (Å²) in [6.07, 6.45) is 27.0. The lowest BCUT2D eigenvalue weighted by Crippen LogP contribution is -2.52. The molecule has 68 heavy (non-hydrogen) atoms. The number of likely N-dealkylation sites (tertiary alicyclic amines) is 1.